The van der Waals surface area contributed by atoms with Crippen molar-refractivity contribution in [3.8, 4) is 5.88 Å². The Morgan fingerprint density at radius 3 is 2.81 bits per heavy atom. The molecule has 1 heterocycles. The molecule has 0 spiro atoms. The third kappa shape index (κ3) is 3.25. The first kappa shape index (κ1) is 12.5. The monoisotopic (exact) mass is 227 g/mol. The summed E-state index contributed by atoms with van der Waals surface area (Å²) >= 11 is 0. The van der Waals surface area contributed by atoms with Crippen LogP contribution in [0.4, 0.5) is 11.5 Å². The van der Waals surface area contributed by atoms with Gasteiger partial charge in [0.05, 0.1) is 19.4 Å². The first-order valence-corrected chi connectivity index (χ1v) is 4.86. The number of aliphatic hydroxyl groups excluding tert-OH is 1. The molecule has 0 aliphatic carbocycles. The van der Waals surface area contributed by atoms with Crippen LogP contribution >= 0.6 is 0 Å². The van der Waals surface area contributed by atoms with Crippen LogP contribution in [-0.4, -0.2) is 41.1 Å². The predicted molar refractivity (Wildman–Crippen MR) is 61.4 cm³/mol. The fourth-order valence-electron chi connectivity index (χ4n) is 1.04. The normalized spacial score (nSPS) is 14.2. The number of nitrogen functional groups attached to an aromatic ring is 1. The lowest BCUT2D eigenvalue weighted by molar-refractivity contribution is 0.0132. The van der Waals surface area contributed by atoms with Crippen molar-refractivity contribution >= 4 is 11.5 Å². The van der Waals surface area contributed by atoms with Crippen LogP contribution in [0.5, 0.6) is 5.88 Å². The maximum Gasteiger partial charge on any atom is 0.215 e. The van der Waals surface area contributed by atoms with Crippen LogP contribution in [-0.2, 0) is 0 Å². The molecule has 6 heteroatoms. The highest BCUT2D eigenvalue weighted by atomic mass is 16.5. The third-order valence-electron chi connectivity index (χ3n) is 2.09. The number of anilines is 2. The van der Waals surface area contributed by atoms with E-state index in [9.17, 15) is 5.11 Å². The summed E-state index contributed by atoms with van der Waals surface area (Å²) in [5.41, 5.74) is 4.93. The molecular weight excluding hydrogens is 210 g/mol. The van der Waals surface area contributed by atoms with Crippen molar-refractivity contribution in [3.63, 3.8) is 0 Å². The van der Waals surface area contributed by atoms with Gasteiger partial charge in [0.25, 0.3) is 0 Å². The van der Waals surface area contributed by atoms with E-state index in [-0.39, 0.29) is 13.2 Å². The van der Waals surface area contributed by atoms with Gasteiger partial charge in [0.1, 0.15) is 5.60 Å². The number of hydrogen-bond donors (Lipinski definition) is 4. The van der Waals surface area contributed by atoms with Crippen molar-refractivity contribution in [2.75, 3.05) is 31.3 Å². The van der Waals surface area contributed by atoms with Gasteiger partial charge >= 0.3 is 0 Å². The highest BCUT2D eigenvalue weighted by Gasteiger charge is 2.19. The molecule has 1 aromatic rings. The van der Waals surface area contributed by atoms with Crippen molar-refractivity contribution in [2.24, 2.45) is 0 Å². The fourth-order valence-corrected chi connectivity index (χ4v) is 1.04. The van der Waals surface area contributed by atoms with Crippen LogP contribution in [0.25, 0.3) is 0 Å². The average Bonchev–Trinajstić information content (AvgIpc) is 2.28. The van der Waals surface area contributed by atoms with E-state index in [1.165, 1.54) is 14.0 Å². The topological polar surface area (TPSA) is 101 Å². The number of aromatic nitrogens is 1. The molecule has 1 rings (SSSR count). The van der Waals surface area contributed by atoms with Gasteiger partial charge in [0, 0.05) is 12.6 Å². The highest BCUT2D eigenvalue weighted by Crippen LogP contribution is 2.20. The molecule has 5 N–H and O–H groups in total. The van der Waals surface area contributed by atoms with Crippen LogP contribution in [0.1, 0.15) is 6.92 Å². The van der Waals surface area contributed by atoms with E-state index in [2.05, 4.69) is 10.3 Å². The maximum atomic E-state index is 9.59. The summed E-state index contributed by atoms with van der Waals surface area (Å²) in [6.45, 7) is 1.31. The van der Waals surface area contributed by atoms with Gasteiger partial charge in [-0.25, -0.2) is 0 Å². The average molecular weight is 227 g/mol. The van der Waals surface area contributed by atoms with Crippen LogP contribution in [0.15, 0.2) is 12.1 Å². The van der Waals surface area contributed by atoms with Crippen molar-refractivity contribution in [1.29, 1.82) is 0 Å². The van der Waals surface area contributed by atoms with Crippen LogP contribution in [0.3, 0.4) is 0 Å². The first-order valence-electron chi connectivity index (χ1n) is 4.86. The minimum absolute atomic E-state index is 0.147. The summed E-state index contributed by atoms with van der Waals surface area (Å²) in [6, 6.07) is 3.30. The smallest absolute Gasteiger partial charge is 0.215 e. The molecule has 16 heavy (non-hydrogen) atoms. The standard InChI is InChI=1S/C10H17N3O3/c1-10(15,6-14)5-12-9-7(11)3-4-8(13-9)16-2/h3-4,14-15H,5-6,11H2,1-2H3,(H,12,13). The molecular formula is C10H17N3O3. The lowest BCUT2D eigenvalue weighted by Gasteiger charge is -2.21. The number of rotatable bonds is 5. The molecule has 6 nitrogen and oxygen atoms in total. The number of methoxy groups -OCH3 is 1. The molecule has 1 atom stereocenters. The summed E-state index contributed by atoms with van der Waals surface area (Å²) in [5, 5.41) is 21.3. The molecule has 1 unspecified atom stereocenters. The molecule has 0 amide bonds. The zero-order valence-corrected chi connectivity index (χ0v) is 9.40. The Bertz CT molecular complexity index is 355. The number of pyridine rings is 1. The van der Waals surface area contributed by atoms with Gasteiger partial charge in [-0.1, -0.05) is 0 Å². The minimum atomic E-state index is -1.21. The van der Waals surface area contributed by atoms with E-state index < -0.39 is 5.60 Å². The molecule has 0 bridgehead atoms. The summed E-state index contributed by atoms with van der Waals surface area (Å²) in [6.07, 6.45) is 0. The molecule has 0 aliphatic heterocycles. The SMILES string of the molecule is COc1ccc(N)c(NCC(C)(O)CO)n1. The summed E-state index contributed by atoms with van der Waals surface area (Å²) in [7, 11) is 1.51. The maximum absolute atomic E-state index is 9.59. The Morgan fingerprint density at radius 2 is 2.25 bits per heavy atom. The van der Waals surface area contributed by atoms with Gasteiger partial charge in [-0.2, -0.15) is 4.98 Å². The second-order valence-electron chi connectivity index (χ2n) is 3.80. The van der Waals surface area contributed by atoms with Crippen molar-refractivity contribution < 1.29 is 14.9 Å². The van der Waals surface area contributed by atoms with E-state index in [0.29, 0.717) is 17.4 Å². The van der Waals surface area contributed by atoms with E-state index in [0.717, 1.165) is 0 Å². The van der Waals surface area contributed by atoms with Gasteiger partial charge in [-0.05, 0) is 13.0 Å². The van der Waals surface area contributed by atoms with Crippen molar-refractivity contribution in [3.05, 3.63) is 12.1 Å². The van der Waals surface area contributed by atoms with Gasteiger partial charge in [0.15, 0.2) is 5.82 Å². The van der Waals surface area contributed by atoms with Crippen LogP contribution in [0.2, 0.25) is 0 Å². The predicted octanol–water partition coefficient (Wildman–Crippen LogP) is -0.172. The van der Waals surface area contributed by atoms with Gasteiger partial charge in [-0.3, -0.25) is 0 Å². The second-order valence-corrected chi connectivity index (χ2v) is 3.80. The summed E-state index contributed by atoms with van der Waals surface area (Å²) in [4.78, 5) is 4.08. The van der Waals surface area contributed by atoms with Crippen molar-refractivity contribution in [1.82, 2.24) is 4.98 Å². The van der Waals surface area contributed by atoms with Gasteiger partial charge in [0.2, 0.25) is 5.88 Å². The number of hydrogen-bond acceptors (Lipinski definition) is 6. The number of nitrogens with one attached hydrogen (secondary N) is 1. The Labute approximate surface area is 94.1 Å². The largest absolute Gasteiger partial charge is 0.481 e. The zero-order chi connectivity index (χ0) is 12.2. The molecule has 0 saturated carbocycles. The molecule has 1 aromatic heterocycles. The number of nitrogens with two attached hydrogens (primary N) is 1. The lowest BCUT2D eigenvalue weighted by atomic mass is 10.1. The van der Waals surface area contributed by atoms with E-state index in [1.54, 1.807) is 12.1 Å². The van der Waals surface area contributed by atoms with E-state index in [4.69, 9.17) is 15.6 Å². The summed E-state index contributed by atoms with van der Waals surface area (Å²) in [5.74, 6) is 0.855. The van der Waals surface area contributed by atoms with Gasteiger partial charge in [-0.15, -0.1) is 0 Å². The highest BCUT2D eigenvalue weighted by molar-refractivity contribution is 5.62. The third-order valence-corrected chi connectivity index (χ3v) is 2.09. The molecule has 0 aliphatic rings. The van der Waals surface area contributed by atoms with E-state index in [1.807, 2.05) is 0 Å². The zero-order valence-electron chi connectivity index (χ0n) is 9.40. The van der Waals surface area contributed by atoms with Gasteiger partial charge < -0.3 is 26.0 Å². The Morgan fingerprint density at radius 1 is 1.56 bits per heavy atom. The quantitative estimate of drug-likeness (QED) is 0.557. The first-order chi connectivity index (χ1) is 7.48. The van der Waals surface area contributed by atoms with Crippen LogP contribution in [0, 0.1) is 0 Å². The molecule has 0 fully saturated rings. The second kappa shape index (κ2) is 5.00. The van der Waals surface area contributed by atoms with E-state index >= 15 is 0 Å². The number of aliphatic hydroxyl groups is 2. The Balaban J connectivity index is 2.73. The Kier molecular flexibility index (Phi) is 3.92. The lowest BCUT2D eigenvalue weighted by Crippen LogP contribution is -2.37. The van der Waals surface area contributed by atoms with Crippen LogP contribution < -0.4 is 15.8 Å². The molecule has 90 valence electrons. The Hall–Kier alpha value is -1.53. The molecule has 0 saturated heterocycles. The van der Waals surface area contributed by atoms with Crippen molar-refractivity contribution in [2.45, 2.75) is 12.5 Å². The summed E-state index contributed by atoms with van der Waals surface area (Å²) < 4.78 is 4.95. The molecule has 0 radical (unpaired) electrons. The minimum Gasteiger partial charge on any atom is -0.481 e. The fraction of sp³-hybridized carbons (Fsp3) is 0.500. The number of nitrogens with zero attached hydrogens (tertiary/aromatic N) is 1. The number of ether oxygens (including phenoxy) is 1. The molecule has 0 aromatic carbocycles.